The Morgan fingerprint density at radius 3 is 2.50 bits per heavy atom. The second kappa shape index (κ2) is 9.56. The molecule has 0 atom stereocenters. The zero-order chi connectivity index (χ0) is 21.5. The number of aromatic nitrogens is 1. The van der Waals surface area contributed by atoms with Gasteiger partial charge in [0, 0.05) is 17.8 Å². The summed E-state index contributed by atoms with van der Waals surface area (Å²) in [5.41, 5.74) is 1.64. The van der Waals surface area contributed by atoms with Crippen LogP contribution in [0.4, 0.5) is 5.69 Å². The number of ether oxygens (including phenoxy) is 1. The summed E-state index contributed by atoms with van der Waals surface area (Å²) in [6, 6.07) is 19.2. The quantitative estimate of drug-likeness (QED) is 0.633. The monoisotopic (exact) mass is 405 g/mol. The van der Waals surface area contributed by atoms with Crippen molar-refractivity contribution in [3.63, 3.8) is 0 Å². The number of methoxy groups -OCH3 is 1. The average Bonchev–Trinajstić information content (AvgIpc) is 2.77. The molecule has 0 bridgehead atoms. The van der Waals surface area contributed by atoms with E-state index < -0.39 is 5.56 Å². The maximum absolute atomic E-state index is 12.8. The average molecular weight is 405 g/mol. The highest BCUT2D eigenvalue weighted by atomic mass is 16.5. The van der Waals surface area contributed by atoms with Crippen LogP contribution in [0.2, 0.25) is 0 Å². The molecule has 0 fully saturated rings. The summed E-state index contributed by atoms with van der Waals surface area (Å²) < 4.78 is 6.51. The number of carbonyl (C=O) groups excluding carboxylic acids is 2. The van der Waals surface area contributed by atoms with Crippen molar-refractivity contribution in [1.29, 1.82) is 0 Å². The Hall–Kier alpha value is -3.87. The molecule has 7 heteroatoms. The number of pyridine rings is 1. The number of anilines is 1. The first-order valence-corrected chi connectivity index (χ1v) is 9.44. The topological polar surface area (TPSA) is 89.4 Å². The number of nitrogens with zero attached hydrogens (tertiary/aromatic N) is 1. The first kappa shape index (κ1) is 20.9. The summed E-state index contributed by atoms with van der Waals surface area (Å²) in [4.78, 5) is 37.6. The molecule has 2 aromatic carbocycles. The van der Waals surface area contributed by atoms with Crippen LogP contribution in [0.25, 0.3) is 0 Å². The van der Waals surface area contributed by atoms with Crippen LogP contribution in [-0.2, 0) is 17.9 Å². The number of benzene rings is 2. The number of aryl methyl sites for hydroxylation is 1. The Kier molecular flexibility index (Phi) is 6.64. The van der Waals surface area contributed by atoms with Crippen molar-refractivity contribution in [2.45, 2.75) is 20.0 Å². The van der Waals surface area contributed by atoms with Crippen LogP contribution < -0.4 is 20.9 Å². The second-order valence-corrected chi connectivity index (χ2v) is 6.73. The molecule has 0 aliphatic rings. The zero-order valence-electron chi connectivity index (χ0n) is 16.8. The van der Waals surface area contributed by atoms with E-state index in [1.165, 1.54) is 4.57 Å². The highest BCUT2D eigenvalue weighted by Gasteiger charge is 2.13. The standard InChI is InChI=1S/C23H23N3O4/c1-16-11-12-20(25-22(28)18-8-4-3-5-9-18)23(29)26(16)15-21(27)24-14-17-7-6-10-19(13-17)30-2/h3-13H,14-15H2,1-2H3,(H,24,27)(H,25,28). The summed E-state index contributed by atoms with van der Waals surface area (Å²) in [7, 11) is 1.58. The Labute approximate surface area is 174 Å². The third kappa shape index (κ3) is 5.14. The van der Waals surface area contributed by atoms with E-state index in [9.17, 15) is 14.4 Å². The first-order valence-electron chi connectivity index (χ1n) is 9.44. The molecule has 0 radical (unpaired) electrons. The van der Waals surface area contributed by atoms with Gasteiger partial charge in [-0.1, -0.05) is 30.3 Å². The Morgan fingerprint density at radius 1 is 1.00 bits per heavy atom. The van der Waals surface area contributed by atoms with Crippen LogP contribution in [0, 0.1) is 6.92 Å². The minimum Gasteiger partial charge on any atom is -0.497 e. The fourth-order valence-electron chi connectivity index (χ4n) is 2.93. The predicted molar refractivity (Wildman–Crippen MR) is 115 cm³/mol. The van der Waals surface area contributed by atoms with Gasteiger partial charge in [0.05, 0.1) is 7.11 Å². The molecular weight excluding hydrogens is 382 g/mol. The lowest BCUT2D eigenvalue weighted by Crippen LogP contribution is -2.34. The van der Waals surface area contributed by atoms with Gasteiger partial charge in [0.25, 0.3) is 11.5 Å². The Balaban J connectivity index is 1.69. The number of amides is 2. The van der Waals surface area contributed by atoms with Gasteiger partial charge < -0.3 is 19.9 Å². The molecule has 3 aromatic rings. The van der Waals surface area contributed by atoms with Gasteiger partial charge in [-0.2, -0.15) is 0 Å². The zero-order valence-corrected chi connectivity index (χ0v) is 16.8. The maximum Gasteiger partial charge on any atom is 0.274 e. The molecule has 154 valence electrons. The number of rotatable bonds is 7. The maximum atomic E-state index is 12.8. The third-order valence-electron chi connectivity index (χ3n) is 4.60. The normalized spacial score (nSPS) is 10.3. The molecule has 1 aromatic heterocycles. The number of hydrogen-bond donors (Lipinski definition) is 2. The molecule has 7 nitrogen and oxygen atoms in total. The van der Waals surface area contributed by atoms with Crippen molar-refractivity contribution in [2.75, 3.05) is 12.4 Å². The molecule has 2 amide bonds. The largest absolute Gasteiger partial charge is 0.497 e. The molecule has 0 saturated heterocycles. The van der Waals surface area contributed by atoms with Gasteiger partial charge in [-0.25, -0.2) is 0 Å². The number of nitrogens with one attached hydrogen (secondary N) is 2. The van der Waals surface area contributed by atoms with Crippen molar-refractivity contribution in [1.82, 2.24) is 9.88 Å². The number of carbonyl (C=O) groups is 2. The van der Waals surface area contributed by atoms with E-state index in [0.29, 0.717) is 23.6 Å². The van der Waals surface area contributed by atoms with E-state index in [1.54, 1.807) is 56.5 Å². The van der Waals surface area contributed by atoms with Crippen molar-refractivity contribution >= 4 is 17.5 Å². The molecular formula is C23H23N3O4. The van der Waals surface area contributed by atoms with Gasteiger partial charge in [0.2, 0.25) is 5.91 Å². The van der Waals surface area contributed by atoms with Gasteiger partial charge >= 0.3 is 0 Å². The van der Waals surface area contributed by atoms with E-state index in [2.05, 4.69) is 10.6 Å². The minimum atomic E-state index is -0.434. The fraction of sp³-hybridized carbons (Fsp3) is 0.174. The van der Waals surface area contributed by atoms with E-state index in [4.69, 9.17) is 4.74 Å². The lowest BCUT2D eigenvalue weighted by molar-refractivity contribution is -0.121. The van der Waals surface area contributed by atoms with Crippen molar-refractivity contribution in [3.8, 4) is 5.75 Å². The van der Waals surface area contributed by atoms with E-state index in [1.807, 2.05) is 24.3 Å². The summed E-state index contributed by atoms with van der Waals surface area (Å²) in [5, 5.41) is 5.42. The summed E-state index contributed by atoms with van der Waals surface area (Å²) in [6.07, 6.45) is 0. The van der Waals surface area contributed by atoms with Crippen molar-refractivity contribution in [3.05, 3.63) is 93.9 Å². The van der Waals surface area contributed by atoms with Crippen molar-refractivity contribution < 1.29 is 14.3 Å². The van der Waals surface area contributed by atoms with Gasteiger partial charge in [0.15, 0.2) is 0 Å². The smallest absolute Gasteiger partial charge is 0.274 e. The number of hydrogen-bond acceptors (Lipinski definition) is 4. The van der Waals surface area contributed by atoms with Gasteiger partial charge in [-0.05, 0) is 48.9 Å². The van der Waals surface area contributed by atoms with Gasteiger partial charge in [-0.15, -0.1) is 0 Å². The molecule has 30 heavy (non-hydrogen) atoms. The summed E-state index contributed by atoms with van der Waals surface area (Å²) >= 11 is 0. The third-order valence-corrected chi connectivity index (χ3v) is 4.60. The Bertz CT molecular complexity index is 1110. The van der Waals surface area contributed by atoms with Crippen LogP contribution in [0.5, 0.6) is 5.75 Å². The van der Waals surface area contributed by atoms with Crippen LogP contribution >= 0.6 is 0 Å². The highest BCUT2D eigenvalue weighted by Crippen LogP contribution is 2.12. The van der Waals surface area contributed by atoms with Crippen LogP contribution in [0.15, 0.2) is 71.5 Å². The summed E-state index contributed by atoms with van der Waals surface area (Å²) in [6.45, 7) is 1.90. The highest BCUT2D eigenvalue weighted by molar-refractivity contribution is 6.04. The molecule has 1 heterocycles. The van der Waals surface area contributed by atoms with Crippen LogP contribution in [-0.4, -0.2) is 23.5 Å². The Morgan fingerprint density at radius 2 is 1.77 bits per heavy atom. The molecule has 0 spiro atoms. The summed E-state index contributed by atoms with van der Waals surface area (Å²) in [5.74, 6) is 0.0100. The molecule has 0 saturated carbocycles. The van der Waals surface area contributed by atoms with Crippen LogP contribution in [0.3, 0.4) is 0 Å². The van der Waals surface area contributed by atoms with Crippen LogP contribution in [0.1, 0.15) is 21.6 Å². The molecule has 0 aliphatic heterocycles. The predicted octanol–water partition coefficient (Wildman–Crippen LogP) is 2.73. The fourth-order valence-corrected chi connectivity index (χ4v) is 2.93. The molecule has 2 N–H and O–H groups in total. The lowest BCUT2D eigenvalue weighted by Gasteiger charge is -2.13. The van der Waals surface area contributed by atoms with Gasteiger partial charge in [0.1, 0.15) is 18.0 Å². The molecule has 0 aliphatic carbocycles. The lowest BCUT2D eigenvalue weighted by atomic mass is 10.2. The molecule has 3 rings (SSSR count). The minimum absolute atomic E-state index is 0.120. The molecule has 0 unspecified atom stereocenters. The SMILES string of the molecule is COc1cccc(CNC(=O)Cn2c(C)ccc(NC(=O)c3ccccc3)c2=O)c1. The first-order chi connectivity index (χ1) is 14.5. The van der Waals surface area contributed by atoms with E-state index >= 15 is 0 Å². The van der Waals surface area contributed by atoms with E-state index in [-0.39, 0.29) is 24.0 Å². The van der Waals surface area contributed by atoms with Gasteiger partial charge in [-0.3, -0.25) is 14.4 Å². The second-order valence-electron chi connectivity index (χ2n) is 6.73. The van der Waals surface area contributed by atoms with E-state index in [0.717, 1.165) is 5.56 Å². The van der Waals surface area contributed by atoms with Crippen molar-refractivity contribution in [2.24, 2.45) is 0 Å².